The van der Waals surface area contributed by atoms with Crippen LogP contribution in [-0.4, -0.2) is 33.5 Å². The lowest BCUT2D eigenvalue weighted by molar-refractivity contribution is -0.274. The zero-order valence-electron chi connectivity index (χ0n) is 16.8. The van der Waals surface area contributed by atoms with E-state index in [0.29, 0.717) is 26.4 Å². The SMILES string of the molecule is CC(=O)c1cccc(NC(=O)C(C)Sc2nnc(Nc3ccc(OC(F)(F)F)cc3)s2)c1. The van der Waals surface area contributed by atoms with Crippen molar-refractivity contribution in [3.63, 3.8) is 0 Å². The molecule has 168 valence electrons. The van der Waals surface area contributed by atoms with Crippen LogP contribution in [0.4, 0.5) is 29.7 Å². The number of benzene rings is 2. The molecule has 3 rings (SSSR count). The summed E-state index contributed by atoms with van der Waals surface area (Å²) in [5, 5.41) is 13.6. The smallest absolute Gasteiger partial charge is 0.406 e. The van der Waals surface area contributed by atoms with E-state index in [-0.39, 0.29) is 17.4 Å². The number of rotatable bonds is 8. The van der Waals surface area contributed by atoms with Crippen LogP contribution in [0.3, 0.4) is 0 Å². The van der Waals surface area contributed by atoms with Gasteiger partial charge in [-0.25, -0.2) is 0 Å². The molecule has 0 fully saturated rings. The summed E-state index contributed by atoms with van der Waals surface area (Å²) in [5.74, 6) is -0.689. The van der Waals surface area contributed by atoms with E-state index in [1.54, 1.807) is 31.2 Å². The summed E-state index contributed by atoms with van der Waals surface area (Å²) in [5.41, 5.74) is 1.53. The molecule has 1 atom stereocenters. The number of alkyl halides is 3. The third-order valence-corrected chi connectivity index (χ3v) is 5.95. The second kappa shape index (κ2) is 10.0. The van der Waals surface area contributed by atoms with Crippen molar-refractivity contribution in [3.8, 4) is 5.75 Å². The lowest BCUT2D eigenvalue weighted by Crippen LogP contribution is -2.22. The highest BCUT2D eigenvalue weighted by molar-refractivity contribution is 8.02. The minimum absolute atomic E-state index is 0.0973. The minimum atomic E-state index is -4.75. The molecule has 1 unspecified atom stereocenters. The average molecular weight is 483 g/mol. The van der Waals surface area contributed by atoms with E-state index >= 15 is 0 Å². The van der Waals surface area contributed by atoms with Gasteiger partial charge in [0.05, 0.1) is 5.25 Å². The molecule has 1 amide bonds. The molecule has 3 aromatic rings. The summed E-state index contributed by atoms with van der Waals surface area (Å²) in [6.07, 6.45) is -4.75. The Morgan fingerprint density at radius 1 is 1.09 bits per heavy atom. The molecule has 0 saturated carbocycles. The van der Waals surface area contributed by atoms with Gasteiger partial charge in [0, 0.05) is 16.9 Å². The van der Waals surface area contributed by atoms with Crippen LogP contribution in [0.5, 0.6) is 5.75 Å². The van der Waals surface area contributed by atoms with Gasteiger partial charge in [-0.15, -0.1) is 23.4 Å². The van der Waals surface area contributed by atoms with Crippen molar-refractivity contribution in [2.75, 3.05) is 10.6 Å². The first kappa shape index (κ1) is 23.5. The Kier molecular flexibility index (Phi) is 7.36. The quantitative estimate of drug-likeness (QED) is 0.323. The van der Waals surface area contributed by atoms with Gasteiger partial charge in [-0.1, -0.05) is 35.2 Å². The lowest BCUT2D eigenvalue weighted by Gasteiger charge is -2.10. The van der Waals surface area contributed by atoms with Crippen LogP contribution in [-0.2, 0) is 4.79 Å². The highest BCUT2D eigenvalue weighted by Crippen LogP contribution is 2.31. The van der Waals surface area contributed by atoms with Gasteiger partial charge in [-0.3, -0.25) is 9.59 Å². The number of carbonyl (C=O) groups excluding carboxylic acids is 2. The van der Waals surface area contributed by atoms with Crippen LogP contribution in [0.15, 0.2) is 52.9 Å². The summed E-state index contributed by atoms with van der Waals surface area (Å²) >= 11 is 2.40. The van der Waals surface area contributed by atoms with Crippen LogP contribution < -0.4 is 15.4 Å². The normalized spacial score (nSPS) is 12.2. The molecule has 0 saturated heterocycles. The molecule has 0 aliphatic carbocycles. The maximum Gasteiger partial charge on any atom is 0.573 e. The Morgan fingerprint density at radius 3 is 2.47 bits per heavy atom. The van der Waals surface area contributed by atoms with Gasteiger partial charge in [0.1, 0.15) is 5.75 Å². The standard InChI is InChI=1S/C20H17F3N4O3S2/c1-11(28)13-4-3-5-15(10-13)24-17(29)12(2)31-19-27-26-18(32-19)25-14-6-8-16(9-7-14)30-20(21,22)23/h3-10,12H,1-2H3,(H,24,29)(H,25,26). The van der Waals surface area contributed by atoms with E-state index in [1.807, 2.05) is 0 Å². The second-order valence-electron chi connectivity index (χ2n) is 6.46. The molecule has 2 aromatic carbocycles. The van der Waals surface area contributed by atoms with Gasteiger partial charge in [0.2, 0.25) is 11.0 Å². The van der Waals surface area contributed by atoms with Gasteiger partial charge in [0.15, 0.2) is 10.1 Å². The third-order valence-electron chi connectivity index (χ3n) is 3.93. The lowest BCUT2D eigenvalue weighted by atomic mass is 10.1. The summed E-state index contributed by atoms with van der Waals surface area (Å²) in [6, 6.07) is 11.9. The predicted octanol–water partition coefficient (Wildman–Crippen LogP) is 5.50. The van der Waals surface area contributed by atoms with E-state index in [1.165, 1.54) is 54.3 Å². The zero-order valence-corrected chi connectivity index (χ0v) is 18.4. The molecular weight excluding hydrogens is 465 g/mol. The Bertz CT molecular complexity index is 1100. The summed E-state index contributed by atoms with van der Waals surface area (Å²) in [4.78, 5) is 23.9. The fourth-order valence-electron chi connectivity index (χ4n) is 2.44. The topological polar surface area (TPSA) is 93.2 Å². The van der Waals surface area contributed by atoms with E-state index in [9.17, 15) is 22.8 Å². The summed E-state index contributed by atoms with van der Waals surface area (Å²) < 4.78 is 41.0. The largest absolute Gasteiger partial charge is 0.573 e. The number of nitrogens with zero attached hydrogens (tertiary/aromatic N) is 2. The molecule has 0 bridgehead atoms. The van der Waals surface area contributed by atoms with Crippen molar-refractivity contribution < 1.29 is 27.5 Å². The van der Waals surface area contributed by atoms with Crippen molar-refractivity contribution in [2.24, 2.45) is 0 Å². The van der Waals surface area contributed by atoms with E-state index in [0.717, 1.165) is 0 Å². The maximum absolute atomic E-state index is 12.5. The molecule has 12 heteroatoms. The molecule has 7 nitrogen and oxygen atoms in total. The van der Waals surface area contributed by atoms with Crippen LogP contribution in [0, 0.1) is 0 Å². The van der Waals surface area contributed by atoms with Crippen molar-refractivity contribution in [1.29, 1.82) is 0 Å². The Morgan fingerprint density at radius 2 is 1.81 bits per heavy atom. The van der Waals surface area contributed by atoms with Gasteiger partial charge in [0.25, 0.3) is 0 Å². The van der Waals surface area contributed by atoms with Crippen molar-refractivity contribution >= 4 is 51.3 Å². The number of hydrogen-bond acceptors (Lipinski definition) is 8. The molecule has 32 heavy (non-hydrogen) atoms. The Balaban J connectivity index is 1.55. The van der Waals surface area contributed by atoms with E-state index < -0.39 is 11.6 Å². The molecule has 2 N–H and O–H groups in total. The monoisotopic (exact) mass is 482 g/mol. The second-order valence-corrected chi connectivity index (χ2v) is 9.02. The van der Waals surface area contributed by atoms with Crippen LogP contribution >= 0.6 is 23.1 Å². The third kappa shape index (κ3) is 6.95. The molecule has 0 aliphatic rings. The summed E-state index contributed by atoms with van der Waals surface area (Å²) in [6.45, 7) is 3.16. The summed E-state index contributed by atoms with van der Waals surface area (Å²) in [7, 11) is 0. The number of halogens is 3. The molecule has 0 radical (unpaired) electrons. The fourth-order valence-corrected chi connectivity index (χ4v) is 4.35. The van der Waals surface area contributed by atoms with Gasteiger partial charge >= 0.3 is 6.36 Å². The van der Waals surface area contributed by atoms with E-state index in [4.69, 9.17) is 0 Å². The number of Topliss-reactive ketones (excluding diaryl/α,β-unsaturated/α-hetero) is 1. The number of ketones is 1. The molecule has 0 aliphatic heterocycles. The number of ether oxygens (including phenoxy) is 1. The predicted molar refractivity (Wildman–Crippen MR) is 117 cm³/mol. The van der Waals surface area contributed by atoms with Gasteiger partial charge < -0.3 is 15.4 Å². The highest BCUT2D eigenvalue weighted by Gasteiger charge is 2.31. The first-order valence-corrected chi connectivity index (χ1v) is 10.8. The Labute approximate surface area is 189 Å². The first-order chi connectivity index (χ1) is 15.1. The van der Waals surface area contributed by atoms with E-state index in [2.05, 4.69) is 25.6 Å². The zero-order chi connectivity index (χ0) is 23.3. The fraction of sp³-hybridized carbons (Fsp3) is 0.200. The number of aromatic nitrogens is 2. The number of amides is 1. The number of carbonyl (C=O) groups is 2. The van der Waals surface area contributed by atoms with Gasteiger partial charge in [-0.05, 0) is 50.2 Å². The molecule has 1 heterocycles. The number of thioether (sulfide) groups is 1. The van der Waals surface area contributed by atoms with Crippen molar-refractivity contribution in [3.05, 3.63) is 54.1 Å². The molecule has 1 aromatic heterocycles. The van der Waals surface area contributed by atoms with Crippen molar-refractivity contribution in [1.82, 2.24) is 10.2 Å². The van der Waals surface area contributed by atoms with Crippen LogP contribution in [0.1, 0.15) is 24.2 Å². The van der Waals surface area contributed by atoms with Crippen LogP contribution in [0.2, 0.25) is 0 Å². The van der Waals surface area contributed by atoms with Crippen molar-refractivity contribution in [2.45, 2.75) is 29.8 Å². The van der Waals surface area contributed by atoms with Crippen LogP contribution in [0.25, 0.3) is 0 Å². The number of nitrogens with one attached hydrogen (secondary N) is 2. The molecule has 0 spiro atoms. The average Bonchev–Trinajstić information content (AvgIpc) is 3.15. The first-order valence-electron chi connectivity index (χ1n) is 9.14. The minimum Gasteiger partial charge on any atom is -0.406 e. The molecular formula is C20H17F3N4O3S2. The Hall–Kier alpha value is -3.12. The number of anilines is 3. The maximum atomic E-state index is 12.5. The highest BCUT2D eigenvalue weighted by atomic mass is 32.2. The van der Waals surface area contributed by atoms with Gasteiger partial charge in [-0.2, -0.15) is 0 Å². The number of hydrogen-bond donors (Lipinski definition) is 2.